The van der Waals surface area contributed by atoms with E-state index in [1.807, 2.05) is 0 Å². The fraction of sp³-hybridized carbons (Fsp3) is 0. The molecule has 0 aliphatic heterocycles. The summed E-state index contributed by atoms with van der Waals surface area (Å²) in [5, 5.41) is 0.115. The Labute approximate surface area is 111 Å². The number of anilines is 1. The molecular weight excluding hydrogens is 274 g/mol. The first-order valence-electron chi connectivity index (χ1n) is 5.35. The third kappa shape index (κ3) is 2.02. The van der Waals surface area contributed by atoms with Crippen LogP contribution in [-0.4, -0.2) is 4.98 Å². The fourth-order valence-corrected chi connectivity index (χ4v) is 1.98. The Bertz CT molecular complexity index is 786. The van der Waals surface area contributed by atoms with Crippen LogP contribution < -0.4 is 5.73 Å². The van der Waals surface area contributed by atoms with Crippen LogP contribution in [0.4, 0.5) is 14.5 Å². The van der Waals surface area contributed by atoms with E-state index in [9.17, 15) is 8.78 Å². The molecule has 2 aromatic carbocycles. The van der Waals surface area contributed by atoms with Crippen LogP contribution in [0.5, 0.6) is 0 Å². The summed E-state index contributed by atoms with van der Waals surface area (Å²) in [6, 6.07) is 6.49. The number of aromatic nitrogens is 1. The van der Waals surface area contributed by atoms with Gasteiger partial charge in [0, 0.05) is 11.6 Å². The number of fused-ring (bicyclic) bond motifs is 1. The average molecular weight is 281 g/mol. The lowest BCUT2D eigenvalue weighted by atomic mass is 10.2. The smallest absolute Gasteiger partial charge is 0.227 e. The lowest BCUT2D eigenvalue weighted by Gasteiger charge is -1.98. The minimum Gasteiger partial charge on any atom is -0.435 e. The zero-order chi connectivity index (χ0) is 13.6. The van der Waals surface area contributed by atoms with Gasteiger partial charge in [0.05, 0.1) is 10.7 Å². The first-order valence-corrected chi connectivity index (χ1v) is 5.73. The van der Waals surface area contributed by atoms with E-state index in [0.717, 1.165) is 6.07 Å². The molecule has 19 heavy (non-hydrogen) atoms. The first kappa shape index (κ1) is 11.9. The second-order valence-corrected chi connectivity index (χ2v) is 4.40. The zero-order valence-electron chi connectivity index (χ0n) is 9.45. The Morgan fingerprint density at radius 2 is 1.95 bits per heavy atom. The second-order valence-electron chi connectivity index (χ2n) is 3.99. The SMILES string of the molecule is Nc1ccc(-c2nc3cc(F)cc(Cl)c3o2)cc1F. The van der Waals surface area contributed by atoms with Crippen LogP contribution >= 0.6 is 11.6 Å². The fourth-order valence-electron chi connectivity index (χ4n) is 1.74. The molecule has 0 amide bonds. The Morgan fingerprint density at radius 1 is 1.16 bits per heavy atom. The van der Waals surface area contributed by atoms with Gasteiger partial charge in [-0.3, -0.25) is 0 Å². The van der Waals surface area contributed by atoms with E-state index in [-0.39, 0.29) is 27.7 Å². The average Bonchev–Trinajstić information content (AvgIpc) is 2.76. The molecule has 3 aromatic rings. The van der Waals surface area contributed by atoms with Gasteiger partial charge in [-0.15, -0.1) is 0 Å². The van der Waals surface area contributed by atoms with Gasteiger partial charge in [-0.1, -0.05) is 11.6 Å². The molecule has 0 unspecified atom stereocenters. The van der Waals surface area contributed by atoms with Crippen LogP contribution in [0.2, 0.25) is 5.02 Å². The number of halogens is 3. The quantitative estimate of drug-likeness (QED) is 0.685. The molecule has 0 radical (unpaired) electrons. The van der Waals surface area contributed by atoms with E-state index in [4.69, 9.17) is 21.8 Å². The van der Waals surface area contributed by atoms with E-state index < -0.39 is 11.6 Å². The summed E-state index contributed by atoms with van der Waals surface area (Å²) in [6.45, 7) is 0. The van der Waals surface area contributed by atoms with Crippen molar-refractivity contribution in [2.75, 3.05) is 5.73 Å². The maximum atomic E-state index is 13.4. The van der Waals surface area contributed by atoms with Crippen LogP contribution in [0, 0.1) is 11.6 Å². The van der Waals surface area contributed by atoms with Crippen molar-refractivity contribution in [1.82, 2.24) is 4.98 Å². The largest absolute Gasteiger partial charge is 0.435 e. The summed E-state index contributed by atoms with van der Waals surface area (Å²) in [4.78, 5) is 4.08. The van der Waals surface area contributed by atoms with Gasteiger partial charge in [-0.25, -0.2) is 13.8 Å². The van der Waals surface area contributed by atoms with Crippen molar-refractivity contribution in [1.29, 1.82) is 0 Å². The van der Waals surface area contributed by atoms with Crippen LogP contribution in [0.3, 0.4) is 0 Å². The maximum absolute atomic E-state index is 13.4. The van der Waals surface area contributed by atoms with E-state index >= 15 is 0 Å². The van der Waals surface area contributed by atoms with E-state index in [1.54, 1.807) is 6.07 Å². The molecule has 1 heterocycles. The standard InChI is InChI=1S/C13H7ClF2N2O/c14-8-4-7(15)5-11-12(8)19-13(18-11)6-1-2-10(17)9(16)3-6/h1-5H,17H2. The maximum Gasteiger partial charge on any atom is 0.227 e. The monoisotopic (exact) mass is 280 g/mol. The van der Waals surface area contributed by atoms with Crippen LogP contribution in [-0.2, 0) is 0 Å². The van der Waals surface area contributed by atoms with Gasteiger partial charge in [0.15, 0.2) is 5.58 Å². The summed E-state index contributed by atoms with van der Waals surface area (Å²) < 4.78 is 32.0. The molecule has 0 saturated carbocycles. The lowest BCUT2D eigenvalue weighted by Crippen LogP contribution is -1.90. The first-order chi connectivity index (χ1) is 9.04. The van der Waals surface area contributed by atoms with E-state index in [1.165, 1.54) is 18.2 Å². The van der Waals surface area contributed by atoms with Crippen molar-refractivity contribution in [2.24, 2.45) is 0 Å². The number of hydrogen-bond donors (Lipinski definition) is 1. The van der Waals surface area contributed by atoms with Crippen LogP contribution in [0.1, 0.15) is 0 Å². The molecule has 3 nitrogen and oxygen atoms in total. The van der Waals surface area contributed by atoms with Gasteiger partial charge in [0.25, 0.3) is 0 Å². The van der Waals surface area contributed by atoms with Crippen LogP contribution in [0.15, 0.2) is 34.7 Å². The number of nitrogens with two attached hydrogens (primary N) is 1. The molecule has 0 aliphatic rings. The number of nitrogen functional groups attached to an aromatic ring is 1. The van der Waals surface area contributed by atoms with Crippen molar-refractivity contribution < 1.29 is 13.2 Å². The molecule has 0 spiro atoms. The lowest BCUT2D eigenvalue weighted by molar-refractivity contribution is 0.609. The third-order valence-corrected chi connectivity index (χ3v) is 2.94. The predicted molar refractivity (Wildman–Crippen MR) is 68.8 cm³/mol. The summed E-state index contributed by atoms with van der Waals surface area (Å²) in [5.74, 6) is -0.931. The summed E-state index contributed by atoms with van der Waals surface area (Å²) in [5.41, 5.74) is 6.36. The minimum atomic E-state index is -0.572. The zero-order valence-corrected chi connectivity index (χ0v) is 10.2. The molecule has 0 bridgehead atoms. The highest BCUT2D eigenvalue weighted by atomic mass is 35.5. The highest BCUT2D eigenvalue weighted by molar-refractivity contribution is 6.34. The molecule has 6 heteroatoms. The molecule has 3 rings (SSSR count). The van der Waals surface area contributed by atoms with E-state index in [0.29, 0.717) is 5.56 Å². The number of benzene rings is 2. The Morgan fingerprint density at radius 3 is 2.68 bits per heavy atom. The van der Waals surface area contributed by atoms with Gasteiger partial charge in [0.2, 0.25) is 5.89 Å². The summed E-state index contributed by atoms with van der Waals surface area (Å²) in [7, 11) is 0. The predicted octanol–water partition coefficient (Wildman–Crippen LogP) is 4.01. The van der Waals surface area contributed by atoms with Gasteiger partial charge in [0.1, 0.15) is 17.2 Å². The molecule has 2 N–H and O–H groups in total. The van der Waals surface area contributed by atoms with Gasteiger partial charge in [-0.2, -0.15) is 0 Å². The molecule has 1 aromatic heterocycles. The number of nitrogens with zero attached hydrogens (tertiary/aromatic N) is 1. The second kappa shape index (κ2) is 4.20. The highest BCUT2D eigenvalue weighted by Crippen LogP contribution is 2.30. The Hall–Kier alpha value is -2.14. The minimum absolute atomic E-state index is 0.0314. The van der Waals surface area contributed by atoms with Crippen molar-refractivity contribution in [3.63, 3.8) is 0 Å². The van der Waals surface area contributed by atoms with Gasteiger partial charge in [-0.05, 0) is 24.3 Å². The third-order valence-electron chi connectivity index (χ3n) is 2.66. The molecule has 0 atom stereocenters. The topological polar surface area (TPSA) is 52.0 Å². The highest BCUT2D eigenvalue weighted by Gasteiger charge is 2.13. The molecule has 0 aliphatic carbocycles. The summed E-state index contributed by atoms with van der Waals surface area (Å²) >= 11 is 5.85. The number of rotatable bonds is 1. The van der Waals surface area contributed by atoms with E-state index in [2.05, 4.69) is 4.98 Å². The molecule has 0 fully saturated rings. The molecule has 96 valence electrons. The number of oxazole rings is 1. The Kier molecular flexibility index (Phi) is 2.64. The van der Waals surface area contributed by atoms with Crippen molar-refractivity contribution in [3.8, 4) is 11.5 Å². The van der Waals surface area contributed by atoms with Gasteiger partial charge < -0.3 is 10.2 Å². The molecular formula is C13H7ClF2N2O. The van der Waals surface area contributed by atoms with Crippen molar-refractivity contribution >= 4 is 28.4 Å². The molecule has 0 saturated heterocycles. The van der Waals surface area contributed by atoms with Gasteiger partial charge >= 0.3 is 0 Å². The Balaban J connectivity index is 2.20. The van der Waals surface area contributed by atoms with Crippen LogP contribution in [0.25, 0.3) is 22.6 Å². The number of hydrogen-bond acceptors (Lipinski definition) is 3. The normalized spacial score (nSPS) is 11.1. The van der Waals surface area contributed by atoms with Crippen molar-refractivity contribution in [2.45, 2.75) is 0 Å². The summed E-state index contributed by atoms with van der Waals surface area (Å²) in [6.07, 6.45) is 0. The van der Waals surface area contributed by atoms with Crippen molar-refractivity contribution in [3.05, 3.63) is 47.0 Å².